The summed E-state index contributed by atoms with van der Waals surface area (Å²) in [6.07, 6.45) is 1.34. The summed E-state index contributed by atoms with van der Waals surface area (Å²) in [5.74, 6) is -1.07. The van der Waals surface area contributed by atoms with Gasteiger partial charge in [-0.15, -0.1) is 0 Å². The maximum atomic E-state index is 12.9. The SMILES string of the molecule is CC(=O)Oc1ccc(/C=N\NC(=O)[C@H](CSCc2ccccc2)NC(=O)c2cc([N+](=O)[O-])cc([N+](=O)[O-])c2)cc1. The van der Waals surface area contributed by atoms with Gasteiger partial charge in [0.15, 0.2) is 0 Å². The third-order valence-electron chi connectivity index (χ3n) is 5.13. The molecule has 0 radical (unpaired) electrons. The first-order valence-electron chi connectivity index (χ1n) is 11.6. The van der Waals surface area contributed by atoms with Crippen LogP contribution in [0, 0.1) is 20.2 Å². The lowest BCUT2D eigenvalue weighted by molar-refractivity contribution is -0.394. The van der Waals surface area contributed by atoms with Crippen LogP contribution in [0.1, 0.15) is 28.4 Å². The quantitative estimate of drug-likeness (QED) is 0.109. The van der Waals surface area contributed by atoms with E-state index in [4.69, 9.17) is 4.74 Å². The summed E-state index contributed by atoms with van der Waals surface area (Å²) in [6, 6.07) is 17.1. The van der Waals surface area contributed by atoms with Gasteiger partial charge in [0, 0.05) is 30.6 Å². The van der Waals surface area contributed by atoms with Gasteiger partial charge in [-0.1, -0.05) is 30.3 Å². The molecular formula is C26H23N5O8S. The van der Waals surface area contributed by atoms with Gasteiger partial charge in [-0.3, -0.25) is 34.6 Å². The van der Waals surface area contributed by atoms with Gasteiger partial charge in [0.2, 0.25) is 0 Å². The van der Waals surface area contributed by atoms with Crippen molar-refractivity contribution in [2.24, 2.45) is 5.10 Å². The largest absolute Gasteiger partial charge is 0.427 e. The van der Waals surface area contributed by atoms with Crippen molar-refractivity contribution in [3.63, 3.8) is 0 Å². The molecule has 0 fully saturated rings. The standard InChI is InChI=1S/C26H23N5O8S/c1-17(32)39-23-9-7-18(8-10-23)14-27-29-26(34)24(16-40-15-19-5-3-2-4-6-19)28-25(33)20-11-21(30(35)36)13-22(12-20)31(37)38/h2-14,24H,15-16H2,1H3,(H,28,33)(H,29,34)/b27-14-/t24-/m0/s1. The maximum absolute atomic E-state index is 12.9. The molecule has 0 bridgehead atoms. The van der Waals surface area contributed by atoms with Crippen LogP contribution in [0.25, 0.3) is 0 Å². The number of nitro groups is 2. The molecule has 1 atom stereocenters. The Morgan fingerprint density at radius 3 is 2.17 bits per heavy atom. The summed E-state index contributed by atoms with van der Waals surface area (Å²) in [5.41, 5.74) is 2.30. The van der Waals surface area contributed by atoms with Crippen LogP contribution in [0.3, 0.4) is 0 Å². The number of rotatable bonds is 12. The molecule has 13 nitrogen and oxygen atoms in total. The van der Waals surface area contributed by atoms with Crippen molar-refractivity contribution >= 4 is 47.1 Å². The fraction of sp³-hybridized carbons (Fsp3) is 0.154. The molecule has 3 rings (SSSR count). The van der Waals surface area contributed by atoms with E-state index in [0.29, 0.717) is 17.1 Å². The van der Waals surface area contributed by atoms with Crippen LogP contribution >= 0.6 is 11.8 Å². The lowest BCUT2D eigenvalue weighted by Gasteiger charge is -2.17. The number of nitro benzene ring substituents is 2. The number of carbonyl (C=O) groups is 3. The van der Waals surface area contributed by atoms with Gasteiger partial charge in [0.25, 0.3) is 23.2 Å². The molecule has 0 spiro atoms. The highest BCUT2D eigenvalue weighted by Crippen LogP contribution is 2.23. The Kier molecular flexibility index (Phi) is 10.4. The molecular weight excluding hydrogens is 542 g/mol. The van der Waals surface area contributed by atoms with Crippen LogP contribution in [0.4, 0.5) is 11.4 Å². The number of ether oxygens (including phenoxy) is 1. The molecule has 0 aromatic heterocycles. The lowest BCUT2D eigenvalue weighted by Crippen LogP contribution is -2.47. The minimum atomic E-state index is -1.14. The Hall–Kier alpha value is -5.11. The van der Waals surface area contributed by atoms with E-state index < -0.39 is 45.0 Å². The summed E-state index contributed by atoms with van der Waals surface area (Å²) >= 11 is 1.35. The number of thioether (sulfide) groups is 1. The highest BCUT2D eigenvalue weighted by molar-refractivity contribution is 7.98. The molecule has 2 amide bonds. The molecule has 14 heteroatoms. The Bertz CT molecular complexity index is 1400. The van der Waals surface area contributed by atoms with Crippen molar-refractivity contribution in [3.05, 3.63) is 110 Å². The van der Waals surface area contributed by atoms with E-state index >= 15 is 0 Å². The summed E-state index contributed by atoms with van der Waals surface area (Å²) < 4.78 is 4.96. The average molecular weight is 566 g/mol. The highest BCUT2D eigenvalue weighted by Gasteiger charge is 2.25. The molecule has 2 N–H and O–H groups in total. The smallest absolute Gasteiger partial charge is 0.308 e. The van der Waals surface area contributed by atoms with Gasteiger partial charge in [0.05, 0.1) is 27.7 Å². The summed E-state index contributed by atoms with van der Waals surface area (Å²) in [5, 5.41) is 28.8. The van der Waals surface area contributed by atoms with Crippen molar-refractivity contribution in [2.45, 2.75) is 18.7 Å². The molecule has 3 aromatic rings. The number of amides is 2. The first-order chi connectivity index (χ1) is 19.1. The minimum Gasteiger partial charge on any atom is -0.427 e. The molecule has 0 saturated heterocycles. The fourth-order valence-corrected chi connectivity index (χ4v) is 4.28. The minimum absolute atomic E-state index is 0.107. The Balaban J connectivity index is 1.74. The lowest BCUT2D eigenvalue weighted by atomic mass is 10.1. The molecule has 0 unspecified atom stereocenters. The third kappa shape index (κ3) is 9.02. The van der Waals surface area contributed by atoms with E-state index in [0.717, 1.165) is 23.8 Å². The molecule has 0 aliphatic carbocycles. The zero-order valence-corrected chi connectivity index (χ0v) is 21.8. The molecule has 3 aromatic carbocycles. The van der Waals surface area contributed by atoms with Gasteiger partial charge in [0.1, 0.15) is 11.8 Å². The molecule has 0 saturated carbocycles. The summed E-state index contributed by atoms with van der Waals surface area (Å²) in [6.45, 7) is 1.28. The number of benzene rings is 3. The topological polar surface area (TPSA) is 183 Å². The number of nitrogens with one attached hydrogen (secondary N) is 2. The van der Waals surface area contributed by atoms with Crippen LogP contribution in [-0.4, -0.2) is 45.6 Å². The van der Waals surface area contributed by atoms with Gasteiger partial charge in [-0.05, 0) is 35.4 Å². The molecule has 206 valence electrons. The van der Waals surface area contributed by atoms with E-state index in [-0.39, 0.29) is 11.3 Å². The second kappa shape index (κ2) is 14.2. The molecule has 0 heterocycles. The van der Waals surface area contributed by atoms with Gasteiger partial charge in [-0.25, -0.2) is 5.43 Å². The van der Waals surface area contributed by atoms with Crippen molar-refractivity contribution in [1.82, 2.24) is 10.7 Å². The van der Waals surface area contributed by atoms with E-state index in [1.165, 1.54) is 24.9 Å². The predicted molar refractivity (Wildman–Crippen MR) is 147 cm³/mol. The predicted octanol–water partition coefficient (Wildman–Crippen LogP) is 3.61. The second-order valence-corrected chi connectivity index (χ2v) is 9.21. The van der Waals surface area contributed by atoms with Crippen molar-refractivity contribution < 1.29 is 29.0 Å². The fourth-order valence-electron chi connectivity index (χ4n) is 3.27. The number of non-ortho nitro benzene ring substituents is 2. The molecule has 40 heavy (non-hydrogen) atoms. The number of carbonyl (C=O) groups excluding carboxylic acids is 3. The first kappa shape index (κ1) is 29.4. The van der Waals surface area contributed by atoms with Crippen LogP contribution < -0.4 is 15.5 Å². The average Bonchev–Trinajstić information content (AvgIpc) is 2.93. The number of hydrogen-bond donors (Lipinski definition) is 2. The Morgan fingerprint density at radius 2 is 1.60 bits per heavy atom. The van der Waals surface area contributed by atoms with Crippen LogP contribution in [0.5, 0.6) is 5.75 Å². The van der Waals surface area contributed by atoms with Crippen LogP contribution in [0.15, 0.2) is 77.9 Å². The van der Waals surface area contributed by atoms with Gasteiger partial charge >= 0.3 is 5.97 Å². The third-order valence-corrected chi connectivity index (χ3v) is 6.24. The monoisotopic (exact) mass is 565 g/mol. The van der Waals surface area contributed by atoms with Crippen LogP contribution in [0.2, 0.25) is 0 Å². The zero-order chi connectivity index (χ0) is 29.1. The van der Waals surface area contributed by atoms with E-state index in [9.17, 15) is 34.6 Å². The van der Waals surface area contributed by atoms with E-state index in [1.54, 1.807) is 24.3 Å². The van der Waals surface area contributed by atoms with Gasteiger partial charge in [-0.2, -0.15) is 16.9 Å². The number of hydrogen-bond acceptors (Lipinski definition) is 10. The van der Waals surface area contributed by atoms with Crippen molar-refractivity contribution in [1.29, 1.82) is 0 Å². The molecule has 0 aliphatic rings. The Labute approximate surface area is 231 Å². The normalized spacial score (nSPS) is 11.4. The van der Waals surface area contributed by atoms with E-state index in [1.807, 2.05) is 30.3 Å². The van der Waals surface area contributed by atoms with E-state index in [2.05, 4.69) is 15.8 Å². The Morgan fingerprint density at radius 1 is 0.975 bits per heavy atom. The van der Waals surface area contributed by atoms with Crippen molar-refractivity contribution in [2.75, 3.05) is 5.75 Å². The van der Waals surface area contributed by atoms with Gasteiger partial charge < -0.3 is 10.1 Å². The highest BCUT2D eigenvalue weighted by atomic mass is 32.2. The molecule has 0 aliphatic heterocycles. The first-order valence-corrected chi connectivity index (χ1v) is 12.8. The number of hydrazone groups is 1. The summed E-state index contributed by atoms with van der Waals surface area (Å²) in [7, 11) is 0. The number of esters is 1. The van der Waals surface area contributed by atoms with Crippen molar-refractivity contribution in [3.8, 4) is 5.75 Å². The summed E-state index contributed by atoms with van der Waals surface area (Å²) in [4.78, 5) is 57.6. The van der Waals surface area contributed by atoms with Crippen LogP contribution in [-0.2, 0) is 15.3 Å². The maximum Gasteiger partial charge on any atom is 0.308 e. The number of nitrogens with zero attached hydrogens (tertiary/aromatic N) is 3. The second-order valence-electron chi connectivity index (χ2n) is 8.18. The zero-order valence-electron chi connectivity index (χ0n) is 21.0.